The smallest absolute Gasteiger partial charge is 0.265 e. The van der Waals surface area contributed by atoms with E-state index in [1.807, 2.05) is 6.92 Å². The number of carbonyl (C=O) groups is 1. The van der Waals surface area contributed by atoms with Gasteiger partial charge >= 0.3 is 0 Å². The topological polar surface area (TPSA) is 54.5 Å². The Balaban J connectivity index is 2.69. The van der Waals surface area contributed by atoms with E-state index >= 15 is 0 Å². The number of carbonyl (C=O) groups excluding carboxylic acids is 1. The van der Waals surface area contributed by atoms with Crippen molar-refractivity contribution in [2.75, 3.05) is 4.31 Å². The Morgan fingerprint density at radius 1 is 1.11 bits per heavy atom. The van der Waals surface area contributed by atoms with Gasteiger partial charge in [0.15, 0.2) is 0 Å². The molecule has 0 unspecified atom stereocenters. The summed E-state index contributed by atoms with van der Waals surface area (Å²) in [5, 5.41) is -0.440. The minimum absolute atomic E-state index is 0.124. The Morgan fingerprint density at radius 3 is 2.26 bits per heavy atom. The highest BCUT2D eigenvalue weighted by Crippen LogP contribution is 2.33. The van der Waals surface area contributed by atoms with Gasteiger partial charge in [-0.25, -0.2) is 12.8 Å². The Labute approximate surface area is 172 Å². The highest BCUT2D eigenvalue weighted by Gasteiger charge is 2.36. The molecule has 0 aliphatic carbocycles. The summed E-state index contributed by atoms with van der Waals surface area (Å²) < 4.78 is 41.8. The Hall–Kier alpha value is -1.34. The number of sulfonamides is 1. The summed E-state index contributed by atoms with van der Waals surface area (Å²) in [7, 11) is -4.31. The van der Waals surface area contributed by atoms with Crippen LogP contribution in [0.3, 0.4) is 0 Å². The van der Waals surface area contributed by atoms with E-state index < -0.39 is 27.1 Å². The third-order valence-electron chi connectivity index (χ3n) is 3.89. The first-order chi connectivity index (χ1) is 12.7. The van der Waals surface area contributed by atoms with Crippen molar-refractivity contribution < 1.29 is 17.6 Å². The highest BCUT2D eigenvalue weighted by atomic mass is 35.5. The van der Waals surface area contributed by atoms with Crippen molar-refractivity contribution in [3.63, 3.8) is 0 Å². The first-order valence-corrected chi connectivity index (χ1v) is 10.7. The number of anilines is 1. The summed E-state index contributed by atoms with van der Waals surface area (Å²) in [6.07, 6.45) is 1.36. The summed E-state index contributed by atoms with van der Waals surface area (Å²) in [5.74, 6) is -0.837. The van der Waals surface area contributed by atoms with E-state index in [0.717, 1.165) is 12.1 Å². The average molecular weight is 453 g/mol. The largest absolute Gasteiger partial charge is 0.279 e. The highest BCUT2D eigenvalue weighted by molar-refractivity contribution is 7.93. The molecular formula is C18H17Cl3FNO3S. The predicted molar refractivity (Wildman–Crippen MR) is 107 cm³/mol. The summed E-state index contributed by atoms with van der Waals surface area (Å²) >= 11 is 17.5. The normalized spacial score (nSPS) is 12.6. The van der Waals surface area contributed by atoms with Gasteiger partial charge in [0.2, 0.25) is 5.24 Å². The molecule has 9 heteroatoms. The molecule has 0 bridgehead atoms. The predicted octanol–water partition coefficient (Wildman–Crippen LogP) is 5.65. The monoisotopic (exact) mass is 451 g/mol. The van der Waals surface area contributed by atoms with Crippen LogP contribution in [0.25, 0.3) is 0 Å². The molecule has 0 N–H and O–H groups in total. The van der Waals surface area contributed by atoms with Crippen molar-refractivity contribution in [2.24, 2.45) is 0 Å². The molecule has 0 spiro atoms. The molecule has 4 nitrogen and oxygen atoms in total. The number of halogens is 4. The number of rotatable bonds is 8. The molecule has 27 heavy (non-hydrogen) atoms. The van der Waals surface area contributed by atoms with Gasteiger partial charge in [-0.15, -0.1) is 0 Å². The molecule has 0 radical (unpaired) electrons. The van der Waals surface area contributed by atoms with Gasteiger partial charge in [-0.2, -0.15) is 0 Å². The zero-order chi connectivity index (χ0) is 20.2. The van der Waals surface area contributed by atoms with Crippen LogP contribution in [0.2, 0.25) is 10.0 Å². The third-order valence-corrected chi connectivity index (χ3v) is 6.47. The fourth-order valence-electron chi connectivity index (χ4n) is 2.56. The van der Waals surface area contributed by atoms with Gasteiger partial charge in [-0.05, 0) is 60.5 Å². The minimum atomic E-state index is -4.31. The van der Waals surface area contributed by atoms with Crippen LogP contribution in [-0.4, -0.2) is 19.7 Å². The van der Waals surface area contributed by atoms with Crippen molar-refractivity contribution in [1.29, 1.82) is 0 Å². The van der Waals surface area contributed by atoms with E-state index in [2.05, 4.69) is 0 Å². The fraction of sp³-hybridized carbons (Fsp3) is 0.278. The Kier molecular flexibility index (Phi) is 7.51. The van der Waals surface area contributed by atoms with E-state index in [0.29, 0.717) is 22.2 Å². The van der Waals surface area contributed by atoms with Crippen molar-refractivity contribution in [3.05, 3.63) is 58.3 Å². The first-order valence-electron chi connectivity index (χ1n) is 8.13. The Bertz CT molecular complexity index is 920. The first kappa shape index (κ1) is 22.0. The van der Waals surface area contributed by atoms with E-state index in [-0.39, 0.29) is 22.0 Å². The van der Waals surface area contributed by atoms with Gasteiger partial charge in [0.1, 0.15) is 11.9 Å². The molecule has 2 rings (SSSR count). The molecule has 0 amide bonds. The van der Waals surface area contributed by atoms with E-state index in [1.165, 1.54) is 30.3 Å². The number of hydrogen-bond acceptors (Lipinski definition) is 3. The lowest BCUT2D eigenvalue weighted by Crippen LogP contribution is -2.44. The summed E-state index contributed by atoms with van der Waals surface area (Å²) in [5.41, 5.74) is -0.340. The summed E-state index contributed by atoms with van der Waals surface area (Å²) in [6, 6.07) is 7.55. The van der Waals surface area contributed by atoms with Crippen LogP contribution in [0.5, 0.6) is 0 Å². The van der Waals surface area contributed by atoms with E-state index in [4.69, 9.17) is 34.8 Å². The summed E-state index contributed by atoms with van der Waals surface area (Å²) in [6.45, 7) is 1.88. The molecule has 0 fully saturated rings. The minimum Gasteiger partial charge on any atom is -0.279 e. The SMILES string of the molecule is CCCC[C@@H](C(=O)Cl)N(c1cc(Cl)ccc1F)S(=O)(=O)c1ccc(Cl)cc1. The lowest BCUT2D eigenvalue weighted by molar-refractivity contribution is -0.112. The molecule has 2 aromatic carbocycles. The molecule has 0 heterocycles. The van der Waals surface area contributed by atoms with Crippen molar-refractivity contribution >= 4 is 55.8 Å². The van der Waals surface area contributed by atoms with Gasteiger partial charge in [0.05, 0.1) is 10.6 Å². The number of hydrogen-bond donors (Lipinski definition) is 0. The quantitative estimate of drug-likeness (QED) is 0.486. The van der Waals surface area contributed by atoms with Crippen LogP contribution in [0.4, 0.5) is 10.1 Å². The van der Waals surface area contributed by atoms with Crippen LogP contribution >= 0.6 is 34.8 Å². The second-order valence-electron chi connectivity index (χ2n) is 5.81. The molecule has 2 aromatic rings. The van der Waals surface area contributed by atoms with Gasteiger partial charge < -0.3 is 0 Å². The van der Waals surface area contributed by atoms with E-state index in [9.17, 15) is 17.6 Å². The number of unbranched alkanes of at least 4 members (excludes halogenated alkanes) is 1. The molecule has 0 aliphatic rings. The zero-order valence-electron chi connectivity index (χ0n) is 14.3. The molecule has 0 saturated heterocycles. The second kappa shape index (κ2) is 9.24. The van der Waals surface area contributed by atoms with Gasteiger partial charge in [-0.1, -0.05) is 43.0 Å². The van der Waals surface area contributed by atoms with Crippen molar-refractivity contribution in [2.45, 2.75) is 37.1 Å². The third kappa shape index (κ3) is 5.13. The lowest BCUT2D eigenvalue weighted by atomic mass is 10.1. The van der Waals surface area contributed by atoms with Crippen LogP contribution in [0.1, 0.15) is 26.2 Å². The maximum Gasteiger partial charge on any atom is 0.265 e. The maximum absolute atomic E-state index is 14.5. The standard InChI is InChI=1S/C18H17Cl3FNO3S/c1-2-3-4-16(18(21)24)23(17-11-13(20)7-10-15(17)22)27(25,26)14-8-5-12(19)6-9-14/h5-11,16H,2-4H2,1H3/t16-/m0/s1. The lowest BCUT2D eigenvalue weighted by Gasteiger charge is -2.31. The molecule has 0 saturated carbocycles. The van der Waals surface area contributed by atoms with Crippen LogP contribution < -0.4 is 4.31 Å². The Morgan fingerprint density at radius 2 is 1.70 bits per heavy atom. The van der Waals surface area contributed by atoms with E-state index in [1.54, 1.807) is 0 Å². The molecule has 146 valence electrons. The summed E-state index contributed by atoms with van der Waals surface area (Å²) in [4.78, 5) is 11.9. The van der Waals surface area contributed by atoms with Gasteiger partial charge in [-0.3, -0.25) is 9.10 Å². The zero-order valence-corrected chi connectivity index (χ0v) is 17.4. The van der Waals surface area contributed by atoms with Gasteiger partial charge in [0.25, 0.3) is 10.0 Å². The number of nitrogens with zero attached hydrogens (tertiary/aromatic N) is 1. The molecule has 1 atom stereocenters. The fourth-order valence-corrected chi connectivity index (χ4v) is 4.76. The van der Waals surface area contributed by atoms with Crippen molar-refractivity contribution in [3.8, 4) is 0 Å². The van der Waals surface area contributed by atoms with Crippen LogP contribution in [-0.2, 0) is 14.8 Å². The van der Waals surface area contributed by atoms with Crippen LogP contribution in [0, 0.1) is 5.82 Å². The van der Waals surface area contributed by atoms with Crippen molar-refractivity contribution in [1.82, 2.24) is 0 Å². The van der Waals surface area contributed by atoms with Gasteiger partial charge in [0, 0.05) is 10.0 Å². The van der Waals surface area contributed by atoms with Crippen LogP contribution in [0.15, 0.2) is 47.4 Å². The molecule has 0 aromatic heterocycles. The number of benzene rings is 2. The molecule has 0 aliphatic heterocycles. The second-order valence-corrected chi connectivity index (χ2v) is 8.87. The molecular weight excluding hydrogens is 436 g/mol. The average Bonchev–Trinajstić information content (AvgIpc) is 2.61. The maximum atomic E-state index is 14.5.